The second-order valence-electron chi connectivity index (χ2n) is 4.46. The Kier molecular flexibility index (Phi) is 4.71. The van der Waals surface area contributed by atoms with Crippen molar-refractivity contribution < 1.29 is 18.3 Å². The minimum absolute atomic E-state index is 0.0705. The largest absolute Gasteiger partial charge is 0.478 e. The first-order valence-electron chi connectivity index (χ1n) is 6.21. The summed E-state index contributed by atoms with van der Waals surface area (Å²) in [5, 5.41) is 8.88. The summed E-state index contributed by atoms with van der Waals surface area (Å²) in [5.74, 6) is -1.33. The summed E-state index contributed by atoms with van der Waals surface area (Å²) in [5.41, 5.74) is 0.506. The van der Waals surface area contributed by atoms with Gasteiger partial charge in [0.25, 0.3) is 0 Å². The highest BCUT2D eigenvalue weighted by molar-refractivity contribution is 7.88. The molecule has 0 fully saturated rings. The third-order valence-electron chi connectivity index (χ3n) is 2.78. The van der Waals surface area contributed by atoms with Crippen LogP contribution in [0.5, 0.6) is 0 Å². The number of hydrogen-bond acceptors (Lipinski definition) is 4. The van der Waals surface area contributed by atoms with E-state index in [2.05, 4.69) is 9.71 Å². The molecule has 0 aliphatic heterocycles. The minimum atomic E-state index is -3.51. The van der Waals surface area contributed by atoms with Crippen LogP contribution in [0.3, 0.4) is 0 Å². The summed E-state index contributed by atoms with van der Waals surface area (Å²) in [6.07, 6.45) is 4.96. The molecule has 1 aromatic heterocycles. The standard InChI is InChI=1S/C13H15N3O4S/c17-13(18)12-3-1-2-11(8-12)9-21(19,20)15-5-7-16-6-4-14-10-16/h1-4,6,8,10,15H,5,7,9H2,(H,17,18). The number of benzene rings is 1. The summed E-state index contributed by atoms with van der Waals surface area (Å²) in [7, 11) is -3.51. The Morgan fingerprint density at radius 2 is 2.19 bits per heavy atom. The Hall–Kier alpha value is -2.19. The van der Waals surface area contributed by atoms with Gasteiger partial charge in [-0.1, -0.05) is 12.1 Å². The lowest BCUT2D eigenvalue weighted by atomic mass is 10.1. The SMILES string of the molecule is O=C(O)c1cccc(CS(=O)(=O)NCCn2ccnc2)c1. The predicted molar refractivity (Wildman–Crippen MR) is 76.3 cm³/mol. The van der Waals surface area contributed by atoms with Gasteiger partial charge in [0.1, 0.15) is 0 Å². The van der Waals surface area contributed by atoms with Crippen LogP contribution in [0.25, 0.3) is 0 Å². The van der Waals surface area contributed by atoms with Gasteiger partial charge in [0.05, 0.1) is 17.6 Å². The Balaban J connectivity index is 1.94. The molecule has 0 aliphatic carbocycles. The Bertz CT molecular complexity index is 711. The number of nitrogens with one attached hydrogen (secondary N) is 1. The average Bonchev–Trinajstić information content (AvgIpc) is 2.91. The van der Waals surface area contributed by atoms with Crippen molar-refractivity contribution in [1.29, 1.82) is 0 Å². The third kappa shape index (κ3) is 4.69. The molecule has 2 aromatic rings. The predicted octanol–water partition coefficient (Wildman–Crippen LogP) is 0.701. The van der Waals surface area contributed by atoms with E-state index in [0.29, 0.717) is 12.1 Å². The van der Waals surface area contributed by atoms with Crippen LogP contribution in [0.15, 0.2) is 43.0 Å². The first kappa shape index (κ1) is 15.2. The van der Waals surface area contributed by atoms with E-state index in [9.17, 15) is 13.2 Å². The molecular formula is C13H15N3O4S. The van der Waals surface area contributed by atoms with Crippen molar-refractivity contribution >= 4 is 16.0 Å². The van der Waals surface area contributed by atoms with Crippen LogP contribution in [0.2, 0.25) is 0 Å². The first-order chi connectivity index (χ1) is 9.96. The minimum Gasteiger partial charge on any atom is -0.478 e. The molecule has 0 saturated heterocycles. The zero-order valence-electron chi connectivity index (χ0n) is 11.1. The highest BCUT2D eigenvalue weighted by Crippen LogP contribution is 2.08. The number of carbonyl (C=O) groups is 1. The van der Waals surface area contributed by atoms with Crippen molar-refractivity contribution in [3.8, 4) is 0 Å². The zero-order chi connectivity index (χ0) is 15.3. The van der Waals surface area contributed by atoms with Crippen LogP contribution >= 0.6 is 0 Å². The number of hydrogen-bond donors (Lipinski definition) is 2. The molecule has 0 radical (unpaired) electrons. The maximum absolute atomic E-state index is 11.9. The van der Waals surface area contributed by atoms with E-state index in [4.69, 9.17) is 5.11 Å². The fourth-order valence-corrected chi connectivity index (χ4v) is 2.94. The molecule has 0 spiro atoms. The van der Waals surface area contributed by atoms with Crippen molar-refractivity contribution in [1.82, 2.24) is 14.3 Å². The van der Waals surface area contributed by atoms with Gasteiger partial charge in [0, 0.05) is 25.5 Å². The van der Waals surface area contributed by atoms with Crippen LogP contribution in [0.4, 0.5) is 0 Å². The number of aromatic nitrogens is 2. The Morgan fingerprint density at radius 3 is 2.86 bits per heavy atom. The highest BCUT2D eigenvalue weighted by Gasteiger charge is 2.12. The molecule has 0 saturated carbocycles. The summed E-state index contributed by atoms with van der Waals surface area (Å²) in [4.78, 5) is 14.7. The Morgan fingerprint density at radius 1 is 1.38 bits per heavy atom. The molecule has 0 atom stereocenters. The topological polar surface area (TPSA) is 101 Å². The monoisotopic (exact) mass is 309 g/mol. The van der Waals surface area contributed by atoms with E-state index in [1.54, 1.807) is 29.4 Å². The first-order valence-corrected chi connectivity index (χ1v) is 7.87. The van der Waals surface area contributed by atoms with Gasteiger partial charge in [0.15, 0.2) is 0 Å². The lowest BCUT2D eigenvalue weighted by Crippen LogP contribution is -2.28. The van der Waals surface area contributed by atoms with E-state index in [-0.39, 0.29) is 17.9 Å². The number of rotatable bonds is 7. The molecule has 0 aliphatic rings. The summed E-state index contributed by atoms with van der Waals surface area (Å²) in [6.45, 7) is 0.728. The van der Waals surface area contributed by atoms with Gasteiger partial charge < -0.3 is 9.67 Å². The molecule has 7 nitrogen and oxygen atoms in total. The van der Waals surface area contributed by atoms with Crippen LogP contribution in [-0.4, -0.2) is 35.6 Å². The molecule has 21 heavy (non-hydrogen) atoms. The van der Waals surface area contributed by atoms with Crippen molar-refractivity contribution in [3.63, 3.8) is 0 Å². The number of aromatic carboxylic acids is 1. The normalized spacial score (nSPS) is 11.4. The van der Waals surface area contributed by atoms with Gasteiger partial charge >= 0.3 is 5.97 Å². The van der Waals surface area contributed by atoms with Gasteiger partial charge in [-0.15, -0.1) is 0 Å². The van der Waals surface area contributed by atoms with Gasteiger partial charge in [-0.2, -0.15) is 0 Å². The van der Waals surface area contributed by atoms with Crippen LogP contribution < -0.4 is 4.72 Å². The number of nitrogens with zero attached hydrogens (tertiary/aromatic N) is 2. The van der Waals surface area contributed by atoms with Gasteiger partial charge in [-0.25, -0.2) is 22.9 Å². The summed E-state index contributed by atoms with van der Waals surface area (Å²) >= 11 is 0. The maximum atomic E-state index is 11.9. The average molecular weight is 309 g/mol. The number of imidazole rings is 1. The molecule has 0 unspecified atom stereocenters. The van der Waals surface area contributed by atoms with Crippen molar-refractivity contribution in [3.05, 3.63) is 54.1 Å². The third-order valence-corrected chi connectivity index (χ3v) is 4.14. The number of carboxylic acid groups (broad SMARTS) is 1. The zero-order valence-corrected chi connectivity index (χ0v) is 12.0. The van der Waals surface area contributed by atoms with Gasteiger partial charge in [-0.05, 0) is 17.7 Å². The van der Waals surface area contributed by atoms with Crippen LogP contribution in [-0.2, 0) is 22.3 Å². The van der Waals surface area contributed by atoms with Crippen molar-refractivity contribution in [2.75, 3.05) is 6.54 Å². The van der Waals surface area contributed by atoms with Crippen molar-refractivity contribution in [2.45, 2.75) is 12.3 Å². The second kappa shape index (κ2) is 6.51. The van der Waals surface area contributed by atoms with E-state index in [1.165, 1.54) is 18.2 Å². The maximum Gasteiger partial charge on any atom is 0.335 e. The molecule has 1 heterocycles. The van der Waals surface area contributed by atoms with E-state index in [0.717, 1.165) is 0 Å². The smallest absolute Gasteiger partial charge is 0.335 e. The molecule has 112 valence electrons. The molecular weight excluding hydrogens is 294 g/mol. The number of carboxylic acids is 1. The van der Waals surface area contributed by atoms with E-state index >= 15 is 0 Å². The quantitative estimate of drug-likeness (QED) is 0.784. The van der Waals surface area contributed by atoms with E-state index in [1.807, 2.05) is 0 Å². The molecule has 0 amide bonds. The lowest BCUT2D eigenvalue weighted by Gasteiger charge is -2.07. The fourth-order valence-electron chi connectivity index (χ4n) is 1.81. The van der Waals surface area contributed by atoms with E-state index < -0.39 is 16.0 Å². The molecule has 2 rings (SSSR count). The fraction of sp³-hybridized carbons (Fsp3) is 0.231. The van der Waals surface area contributed by atoms with Crippen LogP contribution in [0, 0.1) is 0 Å². The van der Waals surface area contributed by atoms with Gasteiger partial charge in [-0.3, -0.25) is 0 Å². The molecule has 2 N–H and O–H groups in total. The molecule has 1 aromatic carbocycles. The molecule has 0 bridgehead atoms. The summed E-state index contributed by atoms with van der Waals surface area (Å²) in [6, 6.07) is 5.89. The number of sulfonamides is 1. The summed E-state index contributed by atoms with van der Waals surface area (Å²) < 4.78 is 28.1. The van der Waals surface area contributed by atoms with Gasteiger partial charge in [0.2, 0.25) is 10.0 Å². The Labute approximate surface area is 122 Å². The molecule has 8 heteroatoms. The van der Waals surface area contributed by atoms with Crippen molar-refractivity contribution in [2.24, 2.45) is 0 Å². The lowest BCUT2D eigenvalue weighted by molar-refractivity contribution is 0.0696. The second-order valence-corrected chi connectivity index (χ2v) is 6.27. The highest BCUT2D eigenvalue weighted by atomic mass is 32.2. The van der Waals surface area contributed by atoms with Crippen LogP contribution in [0.1, 0.15) is 15.9 Å².